The molecule has 1 aromatic rings. The zero-order valence-electron chi connectivity index (χ0n) is 8.36. The lowest BCUT2D eigenvalue weighted by molar-refractivity contribution is 0.0426. The Bertz CT molecular complexity index is 401. The van der Waals surface area contributed by atoms with Gasteiger partial charge in [0.15, 0.2) is 0 Å². The van der Waals surface area contributed by atoms with E-state index in [0.29, 0.717) is 3.57 Å². The summed E-state index contributed by atoms with van der Waals surface area (Å²) in [4.78, 5) is 20.1. The lowest BCUT2D eigenvalue weighted by Crippen LogP contribution is -2.53. The summed E-state index contributed by atoms with van der Waals surface area (Å²) in [5, 5.41) is 0. The molecule has 1 fully saturated rings. The van der Waals surface area contributed by atoms with E-state index < -0.39 is 0 Å². The van der Waals surface area contributed by atoms with Crippen LogP contribution in [0.15, 0.2) is 11.1 Å². The second kappa shape index (κ2) is 4.48. The molecule has 0 unspecified atom stereocenters. The Morgan fingerprint density at radius 2 is 2.47 bits per heavy atom. The molecule has 0 aliphatic carbocycles. The third-order valence-corrected chi connectivity index (χ3v) is 3.30. The molecule has 1 N–H and O–H groups in total. The van der Waals surface area contributed by atoms with Crippen LogP contribution >= 0.6 is 22.6 Å². The largest absolute Gasteiger partial charge is 0.375 e. The van der Waals surface area contributed by atoms with Gasteiger partial charge >= 0.3 is 0 Å². The van der Waals surface area contributed by atoms with Gasteiger partial charge in [0.05, 0.1) is 12.4 Å². The van der Waals surface area contributed by atoms with E-state index in [1.54, 1.807) is 0 Å². The number of nitrogens with one attached hydrogen (secondary N) is 1. The van der Waals surface area contributed by atoms with Crippen LogP contribution < -0.4 is 10.5 Å². The quantitative estimate of drug-likeness (QED) is 0.829. The molecule has 5 nitrogen and oxygen atoms in total. The van der Waals surface area contributed by atoms with E-state index in [9.17, 15) is 4.79 Å². The van der Waals surface area contributed by atoms with Crippen molar-refractivity contribution in [2.24, 2.45) is 0 Å². The maximum Gasteiger partial charge on any atom is 0.266 e. The van der Waals surface area contributed by atoms with Crippen LogP contribution in [0.4, 0.5) is 5.82 Å². The summed E-state index contributed by atoms with van der Waals surface area (Å²) in [7, 11) is 0. The third-order valence-electron chi connectivity index (χ3n) is 2.33. The first kappa shape index (κ1) is 10.9. The first-order valence-electron chi connectivity index (χ1n) is 4.82. The summed E-state index contributed by atoms with van der Waals surface area (Å²) in [6, 6.07) is 0. The van der Waals surface area contributed by atoms with Gasteiger partial charge in [0.2, 0.25) is 0 Å². The summed E-state index contributed by atoms with van der Waals surface area (Å²) in [6.45, 7) is 4.36. The molecule has 0 amide bonds. The Morgan fingerprint density at radius 1 is 1.73 bits per heavy atom. The standard InChI is InChI=1S/C9H12IN3O2/c1-2-15-6-3-13(4-6)8-7(10)9(14)12-5-11-8/h5-6H,2-4H2,1H3,(H,11,12,14). The Balaban J connectivity index is 2.07. The molecule has 0 saturated carbocycles. The number of hydrogen-bond donors (Lipinski definition) is 1. The van der Waals surface area contributed by atoms with Crippen molar-refractivity contribution >= 4 is 28.4 Å². The van der Waals surface area contributed by atoms with Gasteiger partial charge in [-0.15, -0.1) is 0 Å². The van der Waals surface area contributed by atoms with E-state index in [0.717, 1.165) is 25.5 Å². The zero-order valence-corrected chi connectivity index (χ0v) is 10.5. The second-order valence-corrected chi connectivity index (χ2v) is 4.43. The van der Waals surface area contributed by atoms with Crippen LogP contribution in [0, 0.1) is 3.57 Å². The fourth-order valence-corrected chi connectivity index (χ4v) is 2.18. The minimum atomic E-state index is -0.0829. The highest BCUT2D eigenvalue weighted by atomic mass is 127. The average Bonchev–Trinajstić information content (AvgIpc) is 2.16. The predicted molar refractivity (Wildman–Crippen MR) is 65.2 cm³/mol. The van der Waals surface area contributed by atoms with Crippen LogP contribution in [-0.4, -0.2) is 35.8 Å². The van der Waals surface area contributed by atoms with Crippen LogP contribution in [0.3, 0.4) is 0 Å². The van der Waals surface area contributed by atoms with E-state index in [2.05, 4.69) is 14.9 Å². The van der Waals surface area contributed by atoms with E-state index >= 15 is 0 Å². The zero-order chi connectivity index (χ0) is 10.8. The van der Waals surface area contributed by atoms with Crippen LogP contribution in [-0.2, 0) is 4.74 Å². The highest BCUT2D eigenvalue weighted by Crippen LogP contribution is 2.22. The fourth-order valence-electron chi connectivity index (χ4n) is 1.55. The van der Waals surface area contributed by atoms with Gasteiger partial charge < -0.3 is 14.6 Å². The number of aromatic amines is 1. The fraction of sp³-hybridized carbons (Fsp3) is 0.556. The second-order valence-electron chi connectivity index (χ2n) is 3.35. The van der Waals surface area contributed by atoms with E-state index in [-0.39, 0.29) is 11.7 Å². The first-order chi connectivity index (χ1) is 7.22. The molecule has 2 heterocycles. The third kappa shape index (κ3) is 2.15. The molecule has 1 saturated heterocycles. The SMILES string of the molecule is CCOC1CN(c2nc[nH]c(=O)c2I)C1. The normalized spacial score (nSPS) is 16.5. The minimum absolute atomic E-state index is 0.0829. The van der Waals surface area contributed by atoms with Crippen molar-refractivity contribution in [2.75, 3.05) is 24.6 Å². The van der Waals surface area contributed by atoms with Crippen molar-refractivity contribution in [3.05, 3.63) is 20.3 Å². The van der Waals surface area contributed by atoms with Crippen molar-refractivity contribution in [3.8, 4) is 0 Å². The van der Waals surface area contributed by atoms with Crippen molar-refractivity contribution in [1.82, 2.24) is 9.97 Å². The number of rotatable bonds is 3. The summed E-state index contributed by atoms with van der Waals surface area (Å²) >= 11 is 2.02. The summed E-state index contributed by atoms with van der Waals surface area (Å²) in [5.74, 6) is 0.760. The van der Waals surface area contributed by atoms with Crippen LogP contribution in [0.25, 0.3) is 0 Å². The molecular weight excluding hydrogens is 309 g/mol. The molecule has 2 rings (SSSR count). The van der Waals surface area contributed by atoms with E-state index in [4.69, 9.17) is 4.74 Å². The van der Waals surface area contributed by atoms with Crippen molar-refractivity contribution in [1.29, 1.82) is 0 Å². The molecule has 0 radical (unpaired) electrons. The molecule has 6 heteroatoms. The maximum absolute atomic E-state index is 11.3. The Hall–Kier alpha value is -0.630. The van der Waals surface area contributed by atoms with Gasteiger partial charge in [0, 0.05) is 19.7 Å². The van der Waals surface area contributed by atoms with E-state index in [1.807, 2.05) is 29.5 Å². The van der Waals surface area contributed by atoms with Crippen molar-refractivity contribution in [2.45, 2.75) is 13.0 Å². The van der Waals surface area contributed by atoms with Gasteiger partial charge in [0.25, 0.3) is 5.56 Å². The maximum atomic E-state index is 11.3. The van der Waals surface area contributed by atoms with Gasteiger partial charge in [-0.1, -0.05) is 0 Å². The van der Waals surface area contributed by atoms with E-state index in [1.165, 1.54) is 6.33 Å². The number of halogens is 1. The van der Waals surface area contributed by atoms with Gasteiger partial charge in [-0.2, -0.15) is 0 Å². The highest BCUT2D eigenvalue weighted by Gasteiger charge is 2.29. The van der Waals surface area contributed by atoms with Gasteiger partial charge in [-0.25, -0.2) is 4.98 Å². The summed E-state index contributed by atoms with van der Waals surface area (Å²) in [6.07, 6.45) is 1.72. The summed E-state index contributed by atoms with van der Waals surface area (Å²) < 4.78 is 6.09. The Morgan fingerprint density at radius 3 is 3.13 bits per heavy atom. The first-order valence-corrected chi connectivity index (χ1v) is 5.90. The topological polar surface area (TPSA) is 58.2 Å². The molecular formula is C9H12IN3O2. The van der Waals surface area contributed by atoms with Gasteiger partial charge in [-0.3, -0.25) is 4.79 Å². The van der Waals surface area contributed by atoms with Crippen molar-refractivity contribution in [3.63, 3.8) is 0 Å². The minimum Gasteiger partial charge on any atom is -0.375 e. The smallest absolute Gasteiger partial charge is 0.266 e. The van der Waals surface area contributed by atoms with Crippen LogP contribution in [0.5, 0.6) is 0 Å². The average molecular weight is 321 g/mol. The molecule has 0 aromatic carbocycles. The lowest BCUT2D eigenvalue weighted by Gasteiger charge is -2.39. The molecule has 1 aromatic heterocycles. The Kier molecular flexibility index (Phi) is 3.25. The van der Waals surface area contributed by atoms with Crippen LogP contribution in [0.2, 0.25) is 0 Å². The molecule has 1 aliphatic heterocycles. The highest BCUT2D eigenvalue weighted by molar-refractivity contribution is 14.1. The Labute approximate surface area is 101 Å². The molecule has 1 aliphatic rings. The summed E-state index contributed by atoms with van der Waals surface area (Å²) in [5.41, 5.74) is -0.0829. The molecule has 0 spiro atoms. The van der Waals surface area contributed by atoms with Gasteiger partial charge in [-0.05, 0) is 29.5 Å². The number of hydrogen-bond acceptors (Lipinski definition) is 4. The number of ether oxygens (including phenoxy) is 1. The lowest BCUT2D eigenvalue weighted by atomic mass is 10.1. The molecule has 15 heavy (non-hydrogen) atoms. The number of anilines is 1. The number of aromatic nitrogens is 2. The monoisotopic (exact) mass is 321 g/mol. The molecule has 0 bridgehead atoms. The van der Waals surface area contributed by atoms with Crippen molar-refractivity contribution < 1.29 is 4.74 Å². The molecule has 0 atom stereocenters. The molecule has 82 valence electrons. The number of nitrogens with zero attached hydrogens (tertiary/aromatic N) is 2. The predicted octanol–water partition coefficient (Wildman–Crippen LogP) is 0.600. The van der Waals surface area contributed by atoms with Gasteiger partial charge in [0.1, 0.15) is 9.39 Å². The van der Waals surface area contributed by atoms with Crippen LogP contribution in [0.1, 0.15) is 6.92 Å². The number of H-pyrrole nitrogens is 1.